The van der Waals surface area contributed by atoms with Crippen molar-refractivity contribution in [3.63, 3.8) is 0 Å². The van der Waals surface area contributed by atoms with Crippen molar-refractivity contribution >= 4 is 10.0 Å². The van der Waals surface area contributed by atoms with Crippen LogP contribution in [0.3, 0.4) is 0 Å². The number of nitrogens with one attached hydrogen (secondary N) is 1. The molecule has 0 aromatic carbocycles. The normalized spacial score (nSPS) is 19.5. The van der Waals surface area contributed by atoms with Crippen LogP contribution in [0.1, 0.15) is 19.8 Å². The van der Waals surface area contributed by atoms with E-state index in [9.17, 15) is 8.42 Å². The molecule has 6 heteroatoms. The summed E-state index contributed by atoms with van der Waals surface area (Å²) in [6, 6.07) is 0.893. The molecular weight excluding hydrogens is 214 g/mol. The van der Waals surface area contributed by atoms with Crippen molar-refractivity contribution in [1.82, 2.24) is 9.62 Å². The molecule has 1 saturated carbocycles. The largest absolute Gasteiger partial charge is 0.329 e. The van der Waals surface area contributed by atoms with Gasteiger partial charge in [-0.1, -0.05) is 0 Å². The number of likely N-dealkylation sites (N-methyl/N-ethyl adjacent to an activating group) is 1. The molecule has 0 aromatic rings. The molecule has 1 fully saturated rings. The monoisotopic (exact) mass is 235 g/mol. The summed E-state index contributed by atoms with van der Waals surface area (Å²) in [6.45, 7) is 2.67. The van der Waals surface area contributed by atoms with Gasteiger partial charge in [-0.25, -0.2) is 13.1 Å². The van der Waals surface area contributed by atoms with Gasteiger partial charge in [0.15, 0.2) is 0 Å². The predicted molar refractivity (Wildman–Crippen MR) is 61.1 cm³/mol. The zero-order valence-corrected chi connectivity index (χ0v) is 10.3. The van der Waals surface area contributed by atoms with Crippen molar-refractivity contribution in [2.75, 3.05) is 25.9 Å². The van der Waals surface area contributed by atoms with Crippen molar-refractivity contribution in [3.05, 3.63) is 0 Å². The average Bonchev–Trinajstić information content (AvgIpc) is 2.96. The molecule has 1 rings (SSSR count). The second-order valence-electron chi connectivity index (χ2n) is 4.20. The first kappa shape index (κ1) is 12.9. The summed E-state index contributed by atoms with van der Waals surface area (Å²) in [5, 5.41) is 0. The molecule has 0 bridgehead atoms. The third-order valence-corrected chi connectivity index (χ3v) is 4.18. The molecule has 0 spiro atoms. The van der Waals surface area contributed by atoms with Crippen LogP contribution in [0, 0.1) is 0 Å². The van der Waals surface area contributed by atoms with E-state index in [1.54, 1.807) is 0 Å². The van der Waals surface area contributed by atoms with E-state index in [0.717, 1.165) is 0 Å². The molecular formula is C9H21N3O2S. The Kier molecular flexibility index (Phi) is 4.51. The van der Waals surface area contributed by atoms with Crippen molar-refractivity contribution in [2.45, 2.75) is 31.8 Å². The lowest BCUT2D eigenvalue weighted by Crippen LogP contribution is -2.42. The molecule has 0 radical (unpaired) electrons. The van der Waals surface area contributed by atoms with Crippen molar-refractivity contribution < 1.29 is 8.42 Å². The highest BCUT2D eigenvalue weighted by Crippen LogP contribution is 2.26. The Balaban J connectivity index is 2.29. The highest BCUT2D eigenvalue weighted by Gasteiger charge is 2.29. The Morgan fingerprint density at radius 1 is 1.53 bits per heavy atom. The van der Waals surface area contributed by atoms with Crippen LogP contribution >= 0.6 is 0 Å². The van der Waals surface area contributed by atoms with Gasteiger partial charge in [0.1, 0.15) is 0 Å². The molecule has 0 saturated heterocycles. The molecule has 0 aromatic heterocycles. The van der Waals surface area contributed by atoms with E-state index in [4.69, 9.17) is 5.73 Å². The van der Waals surface area contributed by atoms with Crippen LogP contribution in [-0.4, -0.2) is 51.3 Å². The second-order valence-corrected chi connectivity index (χ2v) is 6.13. The van der Waals surface area contributed by atoms with Gasteiger partial charge in [0.25, 0.3) is 0 Å². The Morgan fingerprint density at radius 2 is 2.13 bits per heavy atom. The van der Waals surface area contributed by atoms with Gasteiger partial charge in [0.05, 0.1) is 5.75 Å². The molecule has 1 aliphatic rings. The van der Waals surface area contributed by atoms with Gasteiger partial charge in [0.2, 0.25) is 10.0 Å². The smallest absolute Gasteiger partial charge is 0.212 e. The van der Waals surface area contributed by atoms with Crippen molar-refractivity contribution in [3.8, 4) is 0 Å². The number of nitrogens with two attached hydrogens (primary N) is 1. The Bertz CT molecular complexity index is 288. The number of sulfonamides is 1. The van der Waals surface area contributed by atoms with Gasteiger partial charge < -0.3 is 5.73 Å². The zero-order valence-electron chi connectivity index (χ0n) is 9.44. The molecule has 5 nitrogen and oxygen atoms in total. The molecule has 0 amide bonds. The summed E-state index contributed by atoms with van der Waals surface area (Å²) < 4.78 is 25.2. The number of hydrogen-bond donors (Lipinski definition) is 2. The van der Waals surface area contributed by atoms with Gasteiger partial charge in [-0.15, -0.1) is 0 Å². The minimum Gasteiger partial charge on any atom is -0.329 e. The van der Waals surface area contributed by atoms with Gasteiger partial charge in [-0.05, 0) is 26.8 Å². The van der Waals surface area contributed by atoms with Crippen LogP contribution in [0.25, 0.3) is 0 Å². The molecule has 1 atom stereocenters. The summed E-state index contributed by atoms with van der Waals surface area (Å²) in [4.78, 5) is 2.23. The first-order valence-corrected chi connectivity index (χ1v) is 7.01. The fourth-order valence-corrected chi connectivity index (χ4v) is 2.41. The van der Waals surface area contributed by atoms with E-state index >= 15 is 0 Å². The first-order valence-electron chi connectivity index (χ1n) is 5.35. The van der Waals surface area contributed by atoms with Crippen LogP contribution in [-0.2, 0) is 10.0 Å². The minimum atomic E-state index is -3.17. The van der Waals surface area contributed by atoms with Gasteiger partial charge in [-0.3, -0.25) is 4.90 Å². The molecule has 1 aliphatic carbocycles. The highest BCUT2D eigenvalue weighted by molar-refractivity contribution is 7.89. The Labute approximate surface area is 92.1 Å². The molecule has 0 aliphatic heterocycles. The third-order valence-electron chi connectivity index (χ3n) is 2.80. The summed E-state index contributed by atoms with van der Waals surface area (Å²) in [5.41, 5.74) is 5.21. The van der Waals surface area contributed by atoms with Gasteiger partial charge in [0, 0.05) is 25.2 Å². The average molecular weight is 235 g/mol. The van der Waals surface area contributed by atoms with E-state index in [-0.39, 0.29) is 18.3 Å². The lowest BCUT2D eigenvalue weighted by molar-refractivity contribution is 0.248. The van der Waals surface area contributed by atoms with E-state index in [1.165, 1.54) is 12.8 Å². The van der Waals surface area contributed by atoms with Crippen molar-refractivity contribution in [2.24, 2.45) is 5.73 Å². The number of nitrogens with zero attached hydrogens (tertiary/aromatic N) is 1. The first-order chi connectivity index (χ1) is 6.96. The van der Waals surface area contributed by atoms with E-state index in [2.05, 4.69) is 9.62 Å². The quantitative estimate of drug-likeness (QED) is 0.615. The Morgan fingerprint density at radius 3 is 2.60 bits per heavy atom. The fourth-order valence-electron chi connectivity index (χ4n) is 1.46. The van der Waals surface area contributed by atoms with E-state index < -0.39 is 10.0 Å². The van der Waals surface area contributed by atoms with Crippen LogP contribution in [0.2, 0.25) is 0 Å². The number of hydrogen-bond acceptors (Lipinski definition) is 4. The maximum absolute atomic E-state index is 11.3. The summed E-state index contributed by atoms with van der Waals surface area (Å²) in [5.74, 6) is 0.00681. The zero-order chi connectivity index (χ0) is 11.5. The third kappa shape index (κ3) is 4.46. The SMILES string of the molecule is CC(CNS(=O)(=O)CCN)N(C)C1CC1. The summed E-state index contributed by atoms with van der Waals surface area (Å²) >= 11 is 0. The molecule has 3 N–H and O–H groups in total. The molecule has 15 heavy (non-hydrogen) atoms. The van der Waals surface area contributed by atoms with Gasteiger partial charge in [-0.2, -0.15) is 0 Å². The second kappa shape index (κ2) is 5.25. The lowest BCUT2D eigenvalue weighted by atomic mass is 10.3. The minimum absolute atomic E-state index is 0.00681. The standard InChI is InChI=1S/C9H21N3O2S/c1-8(12(2)9-3-4-9)7-11-15(13,14)6-5-10/h8-9,11H,3-7,10H2,1-2H3. The molecule has 1 unspecified atom stereocenters. The van der Waals surface area contributed by atoms with Crippen LogP contribution in [0.5, 0.6) is 0 Å². The maximum atomic E-state index is 11.3. The van der Waals surface area contributed by atoms with Crippen LogP contribution < -0.4 is 10.5 Å². The van der Waals surface area contributed by atoms with Crippen molar-refractivity contribution in [1.29, 1.82) is 0 Å². The van der Waals surface area contributed by atoms with Gasteiger partial charge >= 0.3 is 0 Å². The number of rotatable bonds is 7. The lowest BCUT2D eigenvalue weighted by Gasteiger charge is -2.24. The summed E-state index contributed by atoms with van der Waals surface area (Å²) in [7, 11) is -1.13. The molecule has 90 valence electrons. The fraction of sp³-hybridized carbons (Fsp3) is 1.00. The topological polar surface area (TPSA) is 75.4 Å². The van der Waals surface area contributed by atoms with Crippen LogP contribution in [0.4, 0.5) is 0 Å². The predicted octanol–water partition coefficient (Wildman–Crippen LogP) is -0.653. The van der Waals surface area contributed by atoms with Crippen LogP contribution in [0.15, 0.2) is 0 Å². The van der Waals surface area contributed by atoms with E-state index in [0.29, 0.717) is 12.6 Å². The molecule has 0 heterocycles. The Hall–Kier alpha value is -0.170. The highest BCUT2D eigenvalue weighted by atomic mass is 32.2. The maximum Gasteiger partial charge on any atom is 0.212 e. The summed E-state index contributed by atoms with van der Waals surface area (Å²) in [6.07, 6.45) is 2.47. The van der Waals surface area contributed by atoms with E-state index in [1.807, 2.05) is 14.0 Å².